The van der Waals surface area contributed by atoms with Crippen molar-refractivity contribution in [2.75, 3.05) is 18.6 Å². The lowest BCUT2D eigenvalue weighted by molar-refractivity contribution is 0.0522. The van der Waals surface area contributed by atoms with Crippen LogP contribution in [0.4, 0.5) is 5.82 Å². The Morgan fingerprint density at radius 3 is 2.85 bits per heavy atom. The van der Waals surface area contributed by atoms with E-state index < -0.39 is 12.1 Å². The van der Waals surface area contributed by atoms with Crippen LogP contribution in [-0.2, 0) is 4.74 Å². The molecule has 0 aliphatic heterocycles. The molecule has 2 rings (SSSR count). The number of carbonyl (C=O) groups is 1. The van der Waals surface area contributed by atoms with Gasteiger partial charge in [-0.05, 0) is 26.0 Å². The van der Waals surface area contributed by atoms with Crippen LogP contribution in [0.3, 0.4) is 0 Å². The lowest BCUT2D eigenvalue weighted by Crippen LogP contribution is -2.29. The van der Waals surface area contributed by atoms with Crippen LogP contribution in [0.25, 0.3) is 0 Å². The van der Waals surface area contributed by atoms with Gasteiger partial charge in [-0.1, -0.05) is 12.8 Å². The Morgan fingerprint density at radius 1 is 1.55 bits per heavy atom. The fraction of sp³-hybridized carbons (Fsp3) is 0.692. The van der Waals surface area contributed by atoms with E-state index in [1.807, 2.05) is 6.26 Å². The molecule has 20 heavy (non-hydrogen) atoms. The largest absolute Gasteiger partial charge is 0.462 e. The number of ether oxygens (including phenoxy) is 1. The van der Waals surface area contributed by atoms with Gasteiger partial charge in [0.25, 0.3) is 0 Å². The lowest BCUT2D eigenvalue weighted by Gasteiger charge is -2.28. The van der Waals surface area contributed by atoms with Gasteiger partial charge in [-0.25, -0.2) is 9.48 Å². The van der Waals surface area contributed by atoms with Crippen LogP contribution in [0, 0.1) is 0 Å². The van der Waals surface area contributed by atoms with Crippen LogP contribution < -0.4 is 5.73 Å². The highest BCUT2D eigenvalue weighted by molar-refractivity contribution is 7.98. The van der Waals surface area contributed by atoms with E-state index in [0.29, 0.717) is 23.0 Å². The second-order valence-electron chi connectivity index (χ2n) is 4.85. The van der Waals surface area contributed by atoms with Crippen molar-refractivity contribution in [2.24, 2.45) is 0 Å². The maximum atomic E-state index is 12.0. The summed E-state index contributed by atoms with van der Waals surface area (Å²) in [5.41, 5.74) is 6.40. The number of nitrogen functional groups attached to an aromatic ring is 1. The Morgan fingerprint density at radius 2 is 2.25 bits per heavy atom. The van der Waals surface area contributed by atoms with E-state index in [-0.39, 0.29) is 6.04 Å². The molecule has 2 unspecified atom stereocenters. The first-order valence-electron chi connectivity index (χ1n) is 6.87. The predicted molar refractivity (Wildman–Crippen MR) is 77.9 cm³/mol. The van der Waals surface area contributed by atoms with E-state index in [1.54, 1.807) is 11.6 Å². The Labute approximate surface area is 122 Å². The highest BCUT2D eigenvalue weighted by Gasteiger charge is 2.31. The van der Waals surface area contributed by atoms with Gasteiger partial charge in [-0.2, -0.15) is 5.10 Å². The molecule has 0 amide bonds. The second-order valence-corrected chi connectivity index (χ2v) is 5.65. The summed E-state index contributed by atoms with van der Waals surface area (Å²) in [4.78, 5) is 12.0. The number of hydrogen-bond acceptors (Lipinski definition) is 6. The fourth-order valence-corrected chi connectivity index (χ4v) is 3.16. The minimum atomic E-state index is -0.462. The molecule has 1 heterocycles. The topological polar surface area (TPSA) is 90.4 Å². The summed E-state index contributed by atoms with van der Waals surface area (Å²) in [6, 6.07) is -0.155. The van der Waals surface area contributed by atoms with Gasteiger partial charge in [0.1, 0.15) is 16.4 Å². The van der Waals surface area contributed by atoms with E-state index in [4.69, 9.17) is 10.5 Å². The van der Waals surface area contributed by atoms with Gasteiger partial charge in [0.05, 0.1) is 18.8 Å². The van der Waals surface area contributed by atoms with Crippen LogP contribution in [-0.4, -0.2) is 39.8 Å². The summed E-state index contributed by atoms with van der Waals surface area (Å²) >= 11 is 1.36. The summed E-state index contributed by atoms with van der Waals surface area (Å²) in [5, 5.41) is 15.1. The molecule has 2 atom stereocenters. The smallest absolute Gasteiger partial charge is 0.344 e. The molecule has 1 aliphatic rings. The number of rotatable bonds is 4. The summed E-state index contributed by atoms with van der Waals surface area (Å²) in [6.07, 6.45) is 4.99. The molecule has 112 valence electrons. The molecule has 0 spiro atoms. The molecule has 1 aliphatic carbocycles. The lowest BCUT2D eigenvalue weighted by atomic mass is 9.93. The minimum Gasteiger partial charge on any atom is -0.462 e. The number of aliphatic hydroxyl groups excluding tert-OH is 1. The Bertz CT molecular complexity index is 489. The number of hydrogen-bond donors (Lipinski definition) is 2. The van der Waals surface area contributed by atoms with Crippen molar-refractivity contribution in [1.29, 1.82) is 0 Å². The molecule has 6 nitrogen and oxygen atoms in total. The molecule has 0 bridgehead atoms. The van der Waals surface area contributed by atoms with E-state index in [1.165, 1.54) is 11.8 Å². The molecular weight excluding hydrogens is 278 g/mol. The SMILES string of the molecule is CCOC(=O)c1c(SC)nn(C2CCCCC2O)c1N. The van der Waals surface area contributed by atoms with Gasteiger partial charge in [0.15, 0.2) is 0 Å². The molecule has 0 saturated heterocycles. The van der Waals surface area contributed by atoms with Gasteiger partial charge in [-0.15, -0.1) is 11.8 Å². The molecule has 1 saturated carbocycles. The number of aromatic nitrogens is 2. The zero-order chi connectivity index (χ0) is 14.7. The van der Waals surface area contributed by atoms with E-state index in [2.05, 4.69) is 5.10 Å². The molecule has 1 fully saturated rings. The zero-order valence-corrected chi connectivity index (χ0v) is 12.7. The van der Waals surface area contributed by atoms with Crippen molar-refractivity contribution in [2.45, 2.75) is 49.8 Å². The van der Waals surface area contributed by atoms with Crippen molar-refractivity contribution >= 4 is 23.5 Å². The first-order valence-corrected chi connectivity index (χ1v) is 8.09. The normalized spacial score (nSPS) is 22.8. The summed E-state index contributed by atoms with van der Waals surface area (Å²) in [5.74, 6) is -0.162. The number of carbonyl (C=O) groups excluding carboxylic acids is 1. The van der Waals surface area contributed by atoms with Gasteiger partial charge in [0.2, 0.25) is 0 Å². The van der Waals surface area contributed by atoms with Gasteiger partial charge in [0, 0.05) is 0 Å². The molecule has 3 N–H and O–H groups in total. The van der Waals surface area contributed by atoms with E-state index in [0.717, 1.165) is 25.7 Å². The number of anilines is 1. The zero-order valence-electron chi connectivity index (χ0n) is 11.8. The quantitative estimate of drug-likeness (QED) is 0.651. The van der Waals surface area contributed by atoms with Crippen molar-refractivity contribution < 1.29 is 14.6 Å². The molecule has 1 aromatic heterocycles. The van der Waals surface area contributed by atoms with Crippen molar-refractivity contribution in [3.8, 4) is 0 Å². The molecular formula is C13H21N3O3S. The molecule has 7 heteroatoms. The maximum absolute atomic E-state index is 12.0. The highest BCUT2D eigenvalue weighted by Crippen LogP contribution is 2.34. The van der Waals surface area contributed by atoms with Crippen molar-refractivity contribution in [3.63, 3.8) is 0 Å². The van der Waals surface area contributed by atoms with Crippen molar-refractivity contribution in [3.05, 3.63) is 5.56 Å². The average Bonchev–Trinajstić information content (AvgIpc) is 2.76. The molecule has 1 aromatic rings. The highest BCUT2D eigenvalue weighted by atomic mass is 32.2. The summed E-state index contributed by atoms with van der Waals surface area (Å²) < 4.78 is 6.63. The third kappa shape index (κ3) is 2.78. The first kappa shape index (κ1) is 15.2. The number of aliphatic hydroxyl groups is 1. The first-order chi connectivity index (χ1) is 9.60. The monoisotopic (exact) mass is 299 g/mol. The van der Waals surface area contributed by atoms with Gasteiger partial charge in [-0.3, -0.25) is 0 Å². The van der Waals surface area contributed by atoms with Crippen molar-refractivity contribution in [1.82, 2.24) is 9.78 Å². The maximum Gasteiger partial charge on any atom is 0.344 e. The van der Waals surface area contributed by atoms with Gasteiger partial charge >= 0.3 is 5.97 Å². The Kier molecular flexibility index (Phi) is 4.93. The standard InChI is InChI=1S/C13H21N3O3S/c1-3-19-13(18)10-11(14)16(15-12(10)20-2)8-6-4-5-7-9(8)17/h8-9,17H,3-7,14H2,1-2H3. The number of thioether (sulfide) groups is 1. The summed E-state index contributed by atoms with van der Waals surface area (Å²) in [7, 11) is 0. The second kappa shape index (κ2) is 6.49. The van der Waals surface area contributed by atoms with Gasteiger partial charge < -0.3 is 15.6 Å². The third-order valence-corrected chi connectivity index (χ3v) is 4.27. The number of nitrogens with two attached hydrogens (primary N) is 1. The van der Waals surface area contributed by atoms with Crippen LogP contribution >= 0.6 is 11.8 Å². The Balaban J connectivity index is 2.37. The van der Waals surface area contributed by atoms with E-state index in [9.17, 15) is 9.90 Å². The third-order valence-electron chi connectivity index (χ3n) is 3.60. The average molecular weight is 299 g/mol. The minimum absolute atomic E-state index is 0.155. The van der Waals surface area contributed by atoms with Crippen LogP contribution in [0.15, 0.2) is 5.03 Å². The number of esters is 1. The molecule has 0 radical (unpaired) electrons. The molecule has 0 aromatic carbocycles. The van der Waals surface area contributed by atoms with Crippen LogP contribution in [0.2, 0.25) is 0 Å². The van der Waals surface area contributed by atoms with Crippen LogP contribution in [0.5, 0.6) is 0 Å². The predicted octanol–water partition coefficient (Wildman–Crippen LogP) is 1.84. The fourth-order valence-electron chi connectivity index (χ4n) is 2.59. The van der Waals surface area contributed by atoms with Crippen LogP contribution in [0.1, 0.15) is 49.0 Å². The Hall–Kier alpha value is -1.21. The summed E-state index contributed by atoms with van der Waals surface area (Å²) in [6.45, 7) is 2.05. The number of nitrogens with zero attached hydrogens (tertiary/aromatic N) is 2. The van der Waals surface area contributed by atoms with E-state index >= 15 is 0 Å².